The molecule has 0 bridgehead atoms. The summed E-state index contributed by atoms with van der Waals surface area (Å²) in [6.07, 6.45) is 0. The van der Waals surface area contributed by atoms with Crippen LogP contribution in [-0.2, 0) is 20.9 Å². The average Bonchev–Trinajstić information content (AvgIpc) is 3.31. The van der Waals surface area contributed by atoms with Crippen LogP contribution in [0.4, 0.5) is 5.69 Å². The van der Waals surface area contributed by atoms with Crippen molar-refractivity contribution >= 4 is 28.5 Å². The van der Waals surface area contributed by atoms with Gasteiger partial charge in [-0.3, -0.25) is 14.5 Å². The molecule has 1 aromatic heterocycles. The Morgan fingerprint density at radius 1 is 1.00 bits per heavy atom. The van der Waals surface area contributed by atoms with E-state index in [9.17, 15) is 9.59 Å². The highest BCUT2D eigenvalue weighted by Crippen LogP contribution is 2.34. The van der Waals surface area contributed by atoms with Crippen molar-refractivity contribution in [1.82, 2.24) is 20.3 Å². The number of methoxy groups -OCH3 is 1. The average molecular weight is 488 g/mol. The third-order valence-electron chi connectivity index (χ3n) is 5.63. The third kappa shape index (κ3) is 5.52. The largest absolute Gasteiger partial charge is 0.493 e. The van der Waals surface area contributed by atoms with E-state index in [0.717, 1.165) is 5.52 Å². The Morgan fingerprint density at radius 3 is 2.50 bits per heavy atom. The van der Waals surface area contributed by atoms with Gasteiger partial charge in [0.05, 0.1) is 18.7 Å². The van der Waals surface area contributed by atoms with E-state index in [4.69, 9.17) is 9.47 Å². The minimum Gasteiger partial charge on any atom is -0.493 e. The monoisotopic (exact) mass is 487 g/mol. The summed E-state index contributed by atoms with van der Waals surface area (Å²) in [5.74, 6) is -0.137. The highest BCUT2D eigenvalue weighted by atomic mass is 16.5. The number of benzene rings is 3. The Hall–Kier alpha value is -4.24. The molecule has 36 heavy (non-hydrogen) atoms. The Kier molecular flexibility index (Phi) is 8.25. The second-order valence-electron chi connectivity index (χ2n) is 7.99. The van der Waals surface area contributed by atoms with Crippen molar-refractivity contribution in [2.24, 2.45) is 0 Å². The van der Waals surface area contributed by atoms with Gasteiger partial charge in [-0.1, -0.05) is 53.7 Å². The molecule has 0 saturated carbocycles. The molecule has 1 heterocycles. The van der Waals surface area contributed by atoms with Crippen LogP contribution in [0.25, 0.3) is 11.0 Å². The highest BCUT2D eigenvalue weighted by molar-refractivity contribution is 6.01. The number of hydrogen-bond donors (Lipinski definition) is 1. The molecular weight excluding hydrogens is 458 g/mol. The van der Waals surface area contributed by atoms with Crippen LogP contribution in [0.15, 0.2) is 78.9 Å². The van der Waals surface area contributed by atoms with E-state index in [1.54, 1.807) is 36.1 Å². The van der Waals surface area contributed by atoms with Crippen LogP contribution in [0.5, 0.6) is 5.75 Å². The number of fused-ring (bicyclic) bond motifs is 1. The lowest BCUT2D eigenvalue weighted by Crippen LogP contribution is -2.46. The summed E-state index contributed by atoms with van der Waals surface area (Å²) in [6, 6.07) is 22.8. The molecule has 0 aliphatic heterocycles. The number of para-hydroxylation sites is 3. The van der Waals surface area contributed by atoms with Crippen LogP contribution in [0.3, 0.4) is 0 Å². The van der Waals surface area contributed by atoms with Crippen LogP contribution >= 0.6 is 0 Å². The van der Waals surface area contributed by atoms with E-state index in [-0.39, 0.29) is 18.4 Å². The summed E-state index contributed by atoms with van der Waals surface area (Å²) < 4.78 is 12.5. The van der Waals surface area contributed by atoms with Gasteiger partial charge in [0.2, 0.25) is 11.8 Å². The Labute approximate surface area is 209 Å². The molecule has 4 aromatic rings. The standard InChI is InChI=1S/C27H29N5O4/c1-3-36-24-16-10-7-13-21(24)26(27(34)28-17-18-35-2)32(20-11-5-4-6-12-20)25(33)19-31-23-15-9-8-14-22(23)29-30-31/h4-16,26H,3,17-19H2,1-2H3,(H,28,34). The van der Waals surface area contributed by atoms with Gasteiger partial charge in [0, 0.05) is 24.9 Å². The van der Waals surface area contributed by atoms with E-state index in [0.29, 0.717) is 42.3 Å². The smallest absolute Gasteiger partial charge is 0.249 e. The quantitative estimate of drug-likeness (QED) is 0.326. The van der Waals surface area contributed by atoms with Crippen molar-refractivity contribution in [3.63, 3.8) is 0 Å². The van der Waals surface area contributed by atoms with Crippen molar-refractivity contribution in [3.8, 4) is 5.75 Å². The van der Waals surface area contributed by atoms with Gasteiger partial charge in [-0.15, -0.1) is 5.10 Å². The molecule has 0 radical (unpaired) electrons. The molecule has 2 amide bonds. The van der Waals surface area contributed by atoms with Crippen molar-refractivity contribution in [2.45, 2.75) is 19.5 Å². The van der Waals surface area contributed by atoms with Gasteiger partial charge >= 0.3 is 0 Å². The zero-order valence-electron chi connectivity index (χ0n) is 20.3. The lowest BCUT2D eigenvalue weighted by molar-refractivity contribution is -0.127. The van der Waals surface area contributed by atoms with Crippen molar-refractivity contribution in [2.75, 3.05) is 31.8 Å². The van der Waals surface area contributed by atoms with Crippen molar-refractivity contribution < 1.29 is 19.1 Å². The molecule has 186 valence electrons. The van der Waals surface area contributed by atoms with Gasteiger partial charge < -0.3 is 14.8 Å². The van der Waals surface area contributed by atoms with Crippen LogP contribution < -0.4 is 15.0 Å². The number of ether oxygens (including phenoxy) is 2. The summed E-state index contributed by atoms with van der Waals surface area (Å²) in [4.78, 5) is 29.1. The Balaban J connectivity index is 1.79. The second kappa shape index (κ2) is 11.9. The minimum atomic E-state index is -0.991. The highest BCUT2D eigenvalue weighted by Gasteiger charge is 2.35. The molecule has 0 aliphatic carbocycles. The summed E-state index contributed by atoms with van der Waals surface area (Å²) in [6.45, 7) is 2.83. The Bertz CT molecular complexity index is 1310. The number of hydrogen-bond acceptors (Lipinski definition) is 6. The minimum absolute atomic E-state index is 0.103. The van der Waals surface area contributed by atoms with Gasteiger partial charge in [0.1, 0.15) is 23.9 Å². The first-order chi connectivity index (χ1) is 17.6. The van der Waals surface area contributed by atoms with Gasteiger partial charge in [-0.2, -0.15) is 0 Å². The number of rotatable bonds is 11. The summed E-state index contributed by atoms with van der Waals surface area (Å²) in [5, 5.41) is 11.2. The number of carbonyl (C=O) groups excluding carboxylic acids is 2. The second-order valence-corrected chi connectivity index (χ2v) is 7.99. The predicted octanol–water partition coefficient (Wildman–Crippen LogP) is 3.37. The van der Waals surface area contributed by atoms with Crippen LogP contribution in [-0.4, -0.2) is 53.7 Å². The number of anilines is 1. The maximum Gasteiger partial charge on any atom is 0.249 e. The topological polar surface area (TPSA) is 98.6 Å². The molecule has 0 fully saturated rings. The fourth-order valence-electron chi connectivity index (χ4n) is 4.03. The number of amides is 2. The van der Waals surface area contributed by atoms with Crippen LogP contribution in [0, 0.1) is 0 Å². The van der Waals surface area contributed by atoms with Crippen molar-refractivity contribution in [3.05, 3.63) is 84.4 Å². The number of carbonyl (C=O) groups is 2. The fraction of sp³-hybridized carbons (Fsp3) is 0.259. The summed E-state index contributed by atoms with van der Waals surface area (Å²) in [5.41, 5.74) is 2.57. The lowest BCUT2D eigenvalue weighted by atomic mass is 10.0. The van der Waals surface area contributed by atoms with E-state index in [1.807, 2.05) is 61.5 Å². The normalized spacial score (nSPS) is 11.7. The summed E-state index contributed by atoms with van der Waals surface area (Å²) >= 11 is 0. The maximum atomic E-state index is 14.0. The van der Waals surface area contributed by atoms with Crippen LogP contribution in [0.1, 0.15) is 18.5 Å². The molecule has 4 rings (SSSR count). The summed E-state index contributed by atoms with van der Waals surface area (Å²) in [7, 11) is 1.57. The molecule has 0 saturated heterocycles. The molecular formula is C27H29N5O4. The lowest BCUT2D eigenvalue weighted by Gasteiger charge is -2.32. The maximum absolute atomic E-state index is 14.0. The molecule has 9 heteroatoms. The Morgan fingerprint density at radius 2 is 1.72 bits per heavy atom. The fourth-order valence-corrected chi connectivity index (χ4v) is 4.03. The zero-order valence-corrected chi connectivity index (χ0v) is 20.3. The molecule has 1 N–H and O–H groups in total. The molecule has 0 aliphatic rings. The SMILES string of the molecule is CCOc1ccccc1C(C(=O)NCCOC)N(C(=O)Cn1nnc2ccccc21)c1ccccc1. The third-order valence-corrected chi connectivity index (χ3v) is 5.63. The predicted molar refractivity (Wildman–Crippen MR) is 137 cm³/mol. The molecule has 9 nitrogen and oxygen atoms in total. The van der Waals surface area contributed by atoms with Crippen LogP contribution in [0.2, 0.25) is 0 Å². The first kappa shape index (κ1) is 24.9. The van der Waals surface area contributed by atoms with Gasteiger partial charge in [0.25, 0.3) is 0 Å². The molecule has 0 spiro atoms. The van der Waals surface area contributed by atoms with Gasteiger partial charge in [0.15, 0.2) is 0 Å². The molecule has 1 atom stereocenters. The van der Waals surface area contributed by atoms with Gasteiger partial charge in [-0.05, 0) is 37.3 Å². The number of aromatic nitrogens is 3. The van der Waals surface area contributed by atoms with Crippen molar-refractivity contribution in [1.29, 1.82) is 0 Å². The van der Waals surface area contributed by atoms with E-state index in [1.165, 1.54) is 4.90 Å². The first-order valence-corrected chi connectivity index (χ1v) is 11.8. The molecule has 3 aromatic carbocycles. The van der Waals surface area contributed by atoms with E-state index in [2.05, 4.69) is 15.6 Å². The number of nitrogens with one attached hydrogen (secondary N) is 1. The zero-order chi connectivity index (χ0) is 25.3. The molecule has 1 unspecified atom stereocenters. The number of nitrogens with zero attached hydrogens (tertiary/aromatic N) is 4. The van der Waals surface area contributed by atoms with Gasteiger partial charge in [-0.25, -0.2) is 4.68 Å². The first-order valence-electron chi connectivity index (χ1n) is 11.8. The van der Waals surface area contributed by atoms with E-state index >= 15 is 0 Å². The van der Waals surface area contributed by atoms with E-state index < -0.39 is 6.04 Å².